The molecule has 1 aromatic rings. The summed E-state index contributed by atoms with van der Waals surface area (Å²) in [6.07, 6.45) is 8.28. The fourth-order valence-corrected chi connectivity index (χ4v) is 6.61. The number of carboxylic acids is 1. The molecule has 1 unspecified atom stereocenters. The lowest BCUT2D eigenvalue weighted by Gasteiger charge is -2.27. The van der Waals surface area contributed by atoms with Crippen LogP contribution in [0, 0.1) is 17.8 Å². The normalized spacial score (nSPS) is 17.0. The summed E-state index contributed by atoms with van der Waals surface area (Å²) in [6.45, 7) is 3.84. The molecular weight excluding hydrogens is 605 g/mol. The average molecular weight is 653 g/mol. The molecule has 1 aromatic carbocycles. The molecule has 2 fully saturated rings. The van der Waals surface area contributed by atoms with E-state index in [4.69, 9.17) is 0 Å². The van der Waals surface area contributed by atoms with Gasteiger partial charge in [-0.05, 0) is 102 Å². The summed E-state index contributed by atoms with van der Waals surface area (Å²) in [4.78, 5) is 37.0. The van der Waals surface area contributed by atoms with E-state index in [2.05, 4.69) is 26.0 Å². The predicted molar refractivity (Wildman–Crippen MR) is 166 cm³/mol. The first kappa shape index (κ1) is 38.1. The number of carboxylic acid groups (broad SMARTS) is 1. The highest BCUT2D eigenvalue weighted by atomic mass is 35.5. The van der Waals surface area contributed by atoms with Gasteiger partial charge in [0.1, 0.15) is 6.04 Å². The summed E-state index contributed by atoms with van der Waals surface area (Å²) in [5, 5.41) is 21.6. The minimum Gasteiger partial charge on any atom is -0.480 e. The molecule has 14 heteroatoms. The Morgan fingerprint density at radius 2 is 1.38 bits per heavy atom. The average Bonchev–Trinajstić information content (AvgIpc) is 2.96. The Bertz CT molecular complexity index is 1030. The Kier molecular flexibility index (Phi) is 18.2. The fraction of sp³-hybridized carbons (Fsp3) is 0.679. The molecule has 11 nitrogen and oxygen atoms in total. The molecule has 2 aliphatic heterocycles. The first-order valence-corrected chi connectivity index (χ1v) is 16.0. The van der Waals surface area contributed by atoms with Crippen molar-refractivity contribution in [3.8, 4) is 0 Å². The van der Waals surface area contributed by atoms with Gasteiger partial charge in [-0.25, -0.2) is 8.42 Å². The largest absolute Gasteiger partial charge is 0.480 e. The predicted octanol–water partition coefficient (Wildman–Crippen LogP) is 2.06. The topological polar surface area (TPSA) is 166 Å². The molecule has 0 spiro atoms. The van der Waals surface area contributed by atoms with Crippen molar-refractivity contribution in [3.05, 3.63) is 30.3 Å². The lowest BCUT2D eigenvalue weighted by Crippen LogP contribution is -2.48. The maximum absolute atomic E-state index is 13.1. The number of nitrogens with one attached hydrogen (secondary N) is 5. The monoisotopic (exact) mass is 651 g/mol. The molecule has 0 aromatic heterocycles. The molecule has 240 valence electrons. The summed E-state index contributed by atoms with van der Waals surface area (Å²) < 4.78 is 27.1. The zero-order valence-electron chi connectivity index (χ0n) is 24.0. The number of hydrogen-bond acceptors (Lipinski definition) is 7. The number of rotatable bonds is 16. The van der Waals surface area contributed by atoms with Gasteiger partial charge in [-0.2, -0.15) is 4.72 Å². The van der Waals surface area contributed by atoms with Crippen molar-refractivity contribution in [2.75, 3.05) is 39.3 Å². The Morgan fingerprint density at radius 1 is 0.857 bits per heavy atom. The van der Waals surface area contributed by atoms with Crippen molar-refractivity contribution in [2.45, 2.75) is 68.7 Å². The van der Waals surface area contributed by atoms with Crippen LogP contribution >= 0.6 is 24.8 Å². The Hall–Kier alpha value is -1.96. The van der Waals surface area contributed by atoms with E-state index in [0.717, 1.165) is 77.5 Å². The second kappa shape index (κ2) is 20.1. The van der Waals surface area contributed by atoms with E-state index in [1.807, 2.05) is 0 Å². The van der Waals surface area contributed by atoms with Crippen LogP contribution in [-0.2, 0) is 24.4 Å². The highest BCUT2D eigenvalue weighted by Gasteiger charge is 2.26. The number of aliphatic carboxylic acids is 1. The van der Waals surface area contributed by atoms with E-state index in [0.29, 0.717) is 11.8 Å². The van der Waals surface area contributed by atoms with Crippen LogP contribution < -0.4 is 26.0 Å². The summed E-state index contributed by atoms with van der Waals surface area (Å²) in [5.74, 6) is -0.707. The molecule has 1 atom stereocenters. The first-order valence-electron chi connectivity index (χ1n) is 14.5. The van der Waals surface area contributed by atoms with Crippen molar-refractivity contribution in [1.82, 2.24) is 26.0 Å². The first-order chi connectivity index (χ1) is 19.2. The highest BCUT2D eigenvalue weighted by molar-refractivity contribution is 7.89. The van der Waals surface area contributed by atoms with Gasteiger partial charge in [-0.3, -0.25) is 14.4 Å². The summed E-state index contributed by atoms with van der Waals surface area (Å²) >= 11 is 0. The van der Waals surface area contributed by atoms with Crippen LogP contribution in [0.5, 0.6) is 0 Å². The minimum atomic E-state index is -4.06. The lowest BCUT2D eigenvalue weighted by atomic mass is 9.84. The van der Waals surface area contributed by atoms with Crippen molar-refractivity contribution in [1.29, 1.82) is 0 Å². The molecule has 0 radical (unpaired) electrons. The second-order valence-electron chi connectivity index (χ2n) is 10.9. The number of hydrogen-bond donors (Lipinski definition) is 6. The van der Waals surface area contributed by atoms with Gasteiger partial charge in [-0.15, -0.1) is 24.8 Å². The van der Waals surface area contributed by atoms with Gasteiger partial charge in [-0.1, -0.05) is 18.2 Å². The second-order valence-corrected chi connectivity index (χ2v) is 12.6. The van der Waals surface area contributed by atoms with E-state index in [-0.39, 0.29) is 54.5 Å². The SMILES string of the molecule is Cl.Cl.O=C(CCNC(=O)C(CCC1CCNCC1)CCC1CCNCC1)NCC(NS(=O)(=O)c1ccccc1)C(=O)O. The van der Waals surface area contributed by atoms with Crippen LogP contribution in [-0.4, -0.2) is 76.6 Å². The summed E-state index contributed by atoms with van der Waals surface area (Å²) in [6, 6.07) is 5.90. The molecule has 2 saturated heterocycles. The van der Waals surface area contributed by atoms with Gasteiger partial charge in [0.25, 0.3) is 0 Å². The highest BCUT2D eigenvalue weighted by Crippen LogP contribution is 2.26. The summed E-state index contributed by atoms with van der Waals surface area (Å²) in [7, 11) is -4.06. The zero-order chi connectivity index (χ0) is 28.8. The Balaban J connectivity index is 0.00000441. The van der Waals surface area contributed by atoms with Crippen LogP contribution in [0.25, 0.3) is 0 Å². The molecule has 6 N–H and O–H groups in total. The molecule has 0 aliphatic carbocycles. The lowest BCUT2D eigenvalue weighted by molar-refractivity contribution is -0.139. The summed E-state index contributed by atoms with van der Waals surface area (Å²) in [5.41, 5.74) is 0. The van der Waals surface area contributed by atoms with Crippen LogP contribution in [0.3, 0.4) is 0 Å². The van der Waals surface area contributed by atoms with Gasteiger partial charge >= 0.3 is 5.97 Å². The van der Waals surface area contributed by atoms with Crippen LogP contribution in [0.1, 0.15) is 57.8 Å². The van der Waals surface area contributed by atoms with Crippen LogP contribution in [0.4, 0.5) is 0 Å². The maximum Gasteiger partial charge on any atom is 0.323 e. The van der Waals surface area contributed by atoms with Gasteiger partial charge < -0.3 is 26.4 Å². The molecule has 42 heavy (non-hydrogen) atoms. The standard InChI is InChI=1S/C28H45N5O6S.2ClH/c34-26(32-20-25(28(36)37)33-40(38,39)24-4-2-1-3-5-24)14-19-31-27(35)23(8-6-21-10-15-29-16-11-21)9-7-22-12-17-30-18-13-22;;/h1-5,21-23,25,29-30,33H,6-20H2,(H,31,35)(H,32,34)(H,36,37);2*1H. The molecular formula is C28H47Cl2N5O6S. The van der Waals surface area contributed by atoms with Crippen molar-refractivity contribution >= 4 is 52.6 Å². The number of carbonyl (C=O) groups excluding carboxylic acids is 2. The third-order valence-electron chi connectivity index (χ3n) is 7.94. The number of halogens is 2. The van der Waals surface area contributed by atoms with Crippen LogP contribution in [0.15, 0.2) is 35.2 Å². The molecule has 2 aliphatic rings. The van der Waals surface area contributed by atoms with Crippen LogP contribution in [0.2, 0.25) is 0 Å². The number of amides is 2. The van der Waals surface area contributed by atoms with Gasteiger partial charge in [0.2, 0.25) is 21.8 Å². The van der Waals surface area contributed by atoms with E-state index < -0.39 is 34.5 Å². The molecule has 2 heterocycles. The third-order valence-corrected chi connectivity index (χ3v) is 9.43. The van der Waals surface area contributed by atoms with Crippen molar-refractivity contribution < 1.29 is 27.9 Å². The van der Waals surface area contributed by atoms with Gasteiger partial charge in [0, 0.05) is 25.4 Å². The number of sulfonamides is 1. The molecule has 3 rings (SSSR count). The zero-order valence-corrected chi connectivity index (χ0v) is 26.5. The number of benzene rings is 1. The van der Waals surface area contributed by atoms with Gasteiger partial charge in [0.15, 0.2) is 0 Å². The maximum atomic E-state index is 13.1. The fourth-order valence-electron chi connectivity index (χ4n) is 5.40. The quantitative estimate of drug-likeness (QED) is 0.158. The third kappa shape index (κ3) is 13.6. The minimum absolute atomic E-state index is 0. The Labute approximate surface area is 262 Å². The number of piperidine rings is 2. The molecule has 0 saturated carbocycles. The van der Waals surface area contributed by atoms with Crippen molar-refractivity contribution in [3.63, 3.8) is 0 Å². The van der Waals surface area contributed by atoms with Gasteiger partial charge in [0.05, 0.1) is 4.90 Å². The molecule has 0 bridgehead atoms. The Morgan fingerprint density at radius 3 is 1.88 bits per heavy atom. The number of carbonyl (C=O) groups is 3. The van der Waals surface area contributed by atoms with E-state index in [1.165, 1.54) is 24.3 Å². The van der Waals surface area contributed by atoms with E-state index in [1.54, 1.807) is 6.07 Å². The molecule has 2 amide bonds. The van der Waals surface area contributed by atoms with E-state index >= 15 is 0 Å². The smallest absolute Gasteiger partial charge is 0.323 e. The van der Waals surface area contributed by atoms with Crippen molar-refractivity contribution in [2.24, 2.45) is 17.8 Å². The van der Waals surface area contributed by atoms with E-state index in [9.17, 15) is 27.9 Å².